The van der Waals surface area contributed by atoms with Crippen LogP contribution < -0.4 is 5.32 Å². The first-order valence-electron chi connectivity index (χ1n) is 6.97. The number of carbonyl (C=O) groups is 2. The molecule has 126 valence electrons. The van der Waals surface area contributed by atoms with E-state index in [1.807, 2.05) is 19.9 Å². The highest BCUT2D eigenvalue weighted by Crippen LogP contribution is 2.27. The summed E-state index contributed by atoms with van der Waals surface area (Å²) in [5, 5.41) is 3.36. The van der Waals surface area contributed by atoms with Gasteiger partial charge in [-0.2, -0.15) is 0 Å². The third-order valence-electron chi connectivity index (χ3n) is 3.20. The molecule has 0 spiro atoms. The zero-order valence-corrected chi connectivity index (χ0v) is 15.2. The summed E-state index contributed by atoms with van der Waals surface area (Å²) in [5.74, 6) is -1.28. The maximum Gasteiger partial charge on any atom is 0.341 e. The molecule has 7 heteroatoms. The zero-order chi connectivity index (χ0) is 17.9. The zero-order valence-electron chi connectivity index (χ0n) is 13.0. The standard InChI is InChI=1S/C17H14Cl3NO3/c1-9-6-10(2)16(13(20)7-9)21-14(22)8-24-17(23)15-11(18)4-3-5-12(15)19/h3-7H,8H2,1-2H3,(H,21,22). The van der Waals surface area contributed by atoms with Gasteiger partial charge in [-0.25, -0.2) is 4.79 Å². The Morgan fingerprint density at radius 2 is 1.67 bits per heavy atom. The van der Waals surface area contributed by atoms with Crippen LogP contribution in [0.3, 0.4) is 0 Å². The van der Waals surface area contributed by atoms with Gasteiger partial charge < -0.3 is 10.1 Å². The van der Waals surface area contributed by atoms with Gasteiger partial charge >= 0.3 is 5.97 Å². The summed E-state index contributed by atoms with van der Waals surface area (Å²) >= 11 is 18.0. The monoisotopic (exact) mass is 385 g/mol. The molecule has 24 heavy (non-hydrogen) atoms. The molecule has 0 aromatic heterocycles. The number of halogens is 3. The maximum atomic E-state index is 12.0. The highest BCUT2D eigenvalue weighted by atomic mass is 35.5. The molecule has 0 saturated carbocycles. The van der Waals surface area contributed by atoms with Gasteiger partial charge in [0.05, 0.1) is 26.3 Å². The summed E-state index contributed by atoms with van der Waals surface area (Å²) < 4.78 is 4.96. The Balaban J connectivity index is 2.03. The number of carbonyl (C=O) groups excluding carboxylic acids is 2. The van der Waals surface area contributed by atoms with E-state index in [0.29, 0.717) is 10.7 Å². The molecular formula is C17H14Cl3NO3. The van der Waals surface area contributed by atoms with Gasteiger partial charge in [0.15, 0.2) is 6.61 Å². The second-order valence-electron chi connectivity index (χ2n) is 5.16. The minimum absolute atomic E-state index is 0.0261. The van der Waals surface area contributed by atoms with E-state index in [-0.39, 0.29) is 15.6 Å². The predicted octanol–water partition coefficient (Wildman–Crippen LogP) is 5.06. The summed E-state index contributed by atoms with van der Waals surface area (Å²) in [6.45, 7) is 3.24. The number of nitrogens with one attached hydrogen (secondary N) is 1. The van der Waals surface area contributed by atoms with Crippen molar-refractivity contribution in [1.29, 1.82) is 0 Å². The van der Waals surface area contributed by atoms with Crippen molar-refractivity contribution < 1.29 is 14.3 Å². The van der Waals surface area contributed by atoms with Crippen LogP contribution in [-0.2, 0) is 9.53 Å². The fraction of sp³-hybridized carbons (Fsp3) is 0.176. The van der Waals surface area contributed by atoms with Gasteiger partial charge in [0.25, 0.3) is 5.91 Å². The van der Waals surface area contributed by atoms with E-state index in [4.69, 9.17) is 39.5 Å². The Morgan fingerprint density at radius 1 is 1.04 bits per heavy atom. The molecule has 2 rings (SSSR count). The van der Waals surface area contributed by atoms with Crippen molar-refractivity contribution in [3.05, 3.63) is 62.1 Å². The van der Waals surface area contributed by atoms with Crippen molar-refractivity contribution >= 4 is 52.4 Å². The normalized spacial score (nSPS) is 10.4. The SMILES string of the molecule is Cc1cc(C)c(NC(=O)COC(=O)c2c(Cl)cccc2Cl)c(Cl)c1. The van der Waals surface area contributed by atoms with Gasteiger partial charge in [-0.15, -0.1) is 0 Å². The van der Waals surface area contributed by atoms with E-state index in [9.17, 15) is 9.59 Å². The van der Waals surface area contributed by atoms with Crippen LogP contribution in [0.25, 0.3) is 0 Å². The van der Waals surface area contributed by atoms with E-state index in [1.54, 1.807) is 12.1 Å². The molecule has 0 aliphatic rings. The van der Waals surface area contributed by atoms with Crippen LogP contribution in [0.1, 0.15) is 21.5 Å². The first-order chi connectivity index (χ1) is 11.3. The average molecular weight is 387 g/mol. The second kappa shape index (κ2) is 7.88. The second-order valence-corrected chi connectivity index (χ2v) is 6.38. The van der Waals surface area contributed by atoms with Crippen molar-refractivity contribution in [3.63, 3.8) is 0 Å². The summed E-state index contributed by atoms with van der Waals surface area (Å²) in [6.07, 6.45) is 0. The van der Waals surface area contributed by atoms with Crippen LogP contribution in [0.15, 0.2) is 30.3 Å². The number of esters is 1. The Labute approximate surface area is 154 Å². The number of hydrogen-bond donors (Lipinski definition) is 1. The fourth-order valence-electron chi connectivity index (χ4n) is 2.15. The predicted molar refractivity (Wildman–Crippen MR) is 96.3 cm³/mol. The largest absolute Gasteiger partial charge is 0.452 e. The molecule has 0 aliphatic heterocycles. The van der Waals surface area contributed by atoms with E-state index in [1.165, 1.54) is 12.1 Å². The van der Waals surface area contributed by atoms with Gasteiger partial charge in [0, 0.05) is 0 Å². The minimum atomic E-state index is -0.771. The summed E-state index contributed by atoms with van der Waals surface area (Å²) in [5.41, 5.74) is 2.31. The van der Waals surface area contributed by atoms with Crippen molar-refractivity contribution in [2.75, 3.05) is 11.9 Å². The molecule has 4 nitrogen and oxygen atoms in total. The van der Waals surface area contributed by atoms with Crippen LogP contribution in [0.2, 0.25) is 15.1 Å². The third-order valence-corrected chi connectivity index (χ3v) is 4.13. The lowest BCUT2D eigenvalue weighted by atomic mass is 10.1. The molecule has 0 aliphatic carbocycles. The van der Waals surface area contributed by atoms with E-state index >= 15 is 0 Å². The molecule has 0 bridgehead atoms. The molecule has 1 N–H and O–H groups in total. The van der Waals surface area contributed by atoms with Crippen LogP contribution in [0, 0.1) is 13.8 Å². The molecule has 0 unspecified atom stereocenters. The van der Waals surface area contributed by atoms with Crippen molar-refractivity contribution in [2.45, 2.75) is 13.8 Å². The first kappa shape index (κ1) is 18.6. The molecular weight excluding hydrogens is 373 g/mol. The molecule has 2 aromatic carbocycles. The highest BCUT2D eigenvalue weighted by Gasteiger charge is 2.18. The number of amides is 1. The number of benzene rings is 2. The molecule has 0 saturated heterocycles. The van der Waals surface area contributed by atoms with Crippen LogP contribution >= 0.6 is 34.8 Å². The topological polar surface area (TPSA) is 55.4 Å². The smallest absolute Gasteiger partial charge is 0.341 e. The lowest BCUT2D eigenvalue weighted by Gasteiger charge is -2.12. The lowest BCUT2D eigenvalue weighted by molar-refractivity contribution is -0.119. The molecule has 0 atom stereocenters. The number of anilines is 1. The number of aryl methyl sites for hydroxylation is 2. The summed E-state index contributed by atoms with van der Waals surface area (Å²) in [6, 6.07) is 8.26. The minimum Gasteiger partial charge on any atom is -0.452 e. The van der Waals surface area contributed by atoms with Gasteiger partial charge in [-0.3, -0.25) is 4.79 Å². The highest BCUT2D eigenvalue weighted by molar-refractivity contribution is 6.39. The Hall–Kier alpha value is -1.75. The molecule has 1 amide bonds. The van der Waals surface area contributed by atoms with Crippen LogP contribution in [0.5, 0.6) is 0 Å². The number of hydrogen-bond acceptors (Lipinski definition) is 3. The van der Waals surface area contributed by atoms with Crippen LogP contribution in [-0.4, -0.2) is 18.5 Å². The van der Waals surface area contributed by atoms with Gasteiger partial charge in [-0.05, 0) is 43.2 Å². The Morgan fingerprint density at radius 3 is 2.25 bits per heavy atom. The average Bonchev–Trinajstić information content (AvgIpc) is 2.48. The van der Waals surface area contributed by atoms with Crippen molar-refractivity contribution in [2.24, 2.45) is 0 Å². The third kappa shape index (κ3) is 4.41. The lowest BCUT2D eigenvalue weighted by Crippen LogP contribution is -2.22. The fourth-order valence-corrected chi connectivity index (χ4v) is 3.07. The van der Waals surface area contributed by atoms with E-state index in [2.05, 4.69) is 5.32 Å². The number of rotatable bonds is 4. The van der Waals surface area contributed by atoms with Gasteiger partial charge in [0.1, 0.15) is 0 Å². The molecule has 0 heterocycles. The van der Waals surface area contributed by atoms with Gasteiger partial charge in [0.2, 0.25) is 0 Å². The quantitative estimate of drug-likeness (QED) is 0.747. The number of ether oxygens (including phenoxy) is 1. The maximum absolute atomic E-state index is 12.0. The van der Waals surface area contributed by atoms with Gasteiger partial charge in [-0.1, -0.05) is 46.9 Å². The van der Waals surface area contributed by atoms with Crippen molar-refractivity contribution in [1.82, 2.24) is 0 Å². The van der Waals surface area contributed by atoms with Crippen molar-refractivity contribution in [3.8, 4) is 0 Å². The Kier molecular flexibility index (Phi) is 6.10. The Bertz CT molecular complexity index is 762. The summed E-state index contributed by atoms with van der Waals surface area (Å²) in [7, 11) is 0. The van der Waals surface area contributed by atoms with E-state index < -0.39 is 18.5 Å². The first-order valence-corrected chi connectivity index (χ1v) is 8.10. The molecule has 0 radical (unpaired) electrons. The van der Waals surface area contributed by atoms with Crippen LogP contribution in [0.4, 0.5) is 5.69 Å². The summed E-state index contributed by atoms with van der Waals surface area (Å²) in [4.78, 5) is 24.0. The van der Waals surface area contributed by atoms with E-state index in [0.717, 1.165) is 11.1 Å². The molecule has 0 fully saturated rings. The molecule has 2 aromatic rings.